The number of carboxylic acid groups (broad SMARTS) is 1. The molecule has 0 fully saturated rings. The van der Waals surface area contributed by atoms with Gasteiger partial charge >= 0.3 is 5.97 Å². The van der Waals surface area contributed by atoms with Crippen LogP contribution in [0.1, 0.15) is 29.1 Å². The molecule has 0 atom stereocenters. The molecule has 0 saturated heterocycles. The topological polar surface area (TPSA) is 50.2 Å². The summed E-state index contributed by atoms with van der Waals surface area (Å²) < 4.78 is 1.16. The monoisotopic (exact) mass is 329 g/mol. The Hall–Kier alpha value is -1.98. The number of fused-ring (bicyclic) bond motifs is 1. The third kappa shape index (κ3) is 3.61. The summed E-state index contributed by atoms with van der Waals surface area (Å²) in [6.45, 7) is 0. The molecule has 3 nitrogen and oxygen atoms in total. The first-order valence-electron chi connectivity index (χ1n) is 7.04. The summed E-state index contributed by atoms with van der Waals surface area (Å²) in [4.78, 5) is 16.6. The molecular formula is C17H15NO2S2. The fourth-order valence-corrected chi connectivity index (χ4v) is 3.92. The highest BCUT2D eigenvalue weighted by atomic mass is 32.1. The molecule has 0 aliphatic heterocycles. The van der Waals surface area contributed by atoms with Crippen LogP contribution in [0.3, 0.4) is 0 Å². The number of hydrogen-bond donors (Lipinski definition) is 1. The zero-order valence-corrected chi connectivity index (χ0v) is 13.5. The largest absolute Gasteiger partial charge is 0.481 e. The van der Waals surface area contributed by atoms with Gasteiger partial charge in [0.15, 0.2) is 0 Å². The SMILES string of the molecule is O=C(O)CCC/C(=C/c1cccs1)c1nc2ccccc2s1. The zero-order valence-electron chi connectivity index (χ0n) is 11.9. The third-order valence-corrected chi connectivity index (χ3v) is 5.20. The van der Waals surface area contributed by atoms with E-state index in [0.717, 1.165) is 27.2 Å². The van der Waals surface area contributed by atoms with Crippen molar-refractivity contribution in [1.29, 1.82) is 0 Å². The number of thiazole rings is 1. The maximum atomic E-state index is 10.7. The van der Waals surface area contributed by atoms with Gasteiger partial charge in [0.2, 0.25) is 0 Å². The van der Waals surface area contributed by atoms with E-state index in [1.807, 2.05) is 29.6 Å². The second-order valence-corrected chi connectivity index (χ2v) is 6.93. The van der Waals surface area contributed by atoms with Gasteiger partial charge < -0.3 is 5.11 Å². The van der Waals surface area contributed by atoms with E-state index in [4.69, 9.17) is 10.1 Å². The van der Waals surface area contributed by atoms with Gasteiger partial charge in [0.25, 0.3) is 0 Å². The molecule has 3 rings (SSSR count). The van der Waals surface area contributed by atoms with Crippen molar-refractivity contribution in [1.82, 2.24) is 4.98 Å². The lowest BCUT2D eigenvalue weighted by atomic mass is 10.1. The number of thiophene rings is 1. The number of carboxylic acids is 1. The van der Waals surface area contributed by atoms with Crippen molar-refractivity contribution in [3.05, 3.63) is 51.7 Å². The number of hydrogen-bond acceptors (Lipinski definition) is 4. The van der Waals surface area contributed by atoms with Crippen LogP contribution in [0.2, 0.25) is 0 Å². The maximum Gasteiger partial charge on any atom is 0.303 e. The average molecular weight is 329 g/mol. The van der Waals surface area contributed by atoms with Gasteiger partial charge in [0, 0.05) is 11.3 Å². The van der Waals surface area contributed by atoms with E-state index in [1.165, 1.54) is 4.88 Å². The van der Waals surface area contributed by atoms with E-state index < -0.39 is 5.97 Å². The summed E-state index contributed by atoms with van der Waals surface area (Å²) in [6, 6.07) is 12.2. The Morgan fingerprint density at radius 2 is 2.05 bits per heavy atom. The second-order valence-electron chi connectivity index (χ2n) is 4.92. The van der Waals surface area contributed by atoms with Crippen LogP contribution in [0, 0.1) is 0 Å². The summed E-state index contributed by atoms with van der Waals surface area (Å²) in [5, 5.41) is 11.9. The van der Waals surface area contributed by atoms with E-state index in [-0.39, 0.29) is 6.42 Å². The molecule has 0 spiro atoms. The van der Waals surface area contributed by atoms with Gasteiger partial charge in [-0.3, -0.25) is 4.79 Å². The number of nitrogens with zero attached hydrogens (tertiary/aromatic N) is 1. The minimum Gasteiger partial charge on any atom is -0.481 e. The first kappa shape index (κ1) is 14.9. The van der Waals surface area contributed by atoms with Gasteiger partial charge in [-0.25, -0.2) is 4.98 Å². The number of carbonyl (C=O) groups is 1. The normalized spacial score (nSPS) is 11.9. The second kappa shape index (κ2) is 6.85. The zero-order chi connectivity index (χ0) is 15.4. The Bertz CT molecular complexity index is 770. The Kier molecular flexibility index (Phi) is 4.65. The Morgan fingerprint density at radius 3 is 2.77 bits per heavy atom. The Labute approximate surface area is 136 Å². The van der Waals surface area contributed by atoms with Gasteiger partial charge in [-0.05, 0) is 48.1 Å². The molecule has 1 N–H and O–H groups in total. The summed E-state index contributed by atoms with van der Waals surface area (Å²) >= 11 is 3.34. The van der Waals surface area contributed by atoms with Crippen LogP contribution in [0.15, 0.2) is 41.8 Å². The van der Waals surface area contributed by atoms with Crippen molar-refractivity contribution in [3.63, 3.8) is 0 Å². The number of para-hydroxylation sites is 1. The molecule has 0 amide bonds. The molecular weight excluding hydrogens is 314 g/mol. The molecule has 5 heteroatoms. The summed E-state index contributed by atoms with van der Waals surface area (Å²) in [5.41, 5.74) is 2.11. The lowest BCUT2D eigenvalue weighted by Gasteiger charge is -2.02. The maximum absolute atomic E-state index is 10.7. The van der Waals surface area contributed by atoms with Crippen molar-refractivity contribution in [3.8, 4) is 0 Å². The molecule has 2 heterocycles. The van der Waals surface area contributed by atoms with Crippen LogP contribution in [0.4, 0.5) is 0 Å². The fraction of sp³-hybridized carbons (Fsp3) is 0.176. The van der Waals surface area contributed by atoms with Crippen molar-refractivity contribution in [2.45, 2.75) is 19.3 Å². The van der Waals surface area contributed by atoms with Gasteiger partial charge in [-0.1, -0.05) is 18.2 Å². The molecule has 22 heavy (non-hydrogen) atoms. The molecule has 2 aromatic heterocycles. The minimum absolute atomic E-state index is 0.187. The van der Waals surface area contributed by atoms with Gasteiger partial charge in [0.05, 0.1) is 10.2 Å². The van der Waals surface area contributed by atoms with E-state index in [0.29, 0.717) is 6.42 Å². The number of aliphatic carboxylic acids is 1. The number of allylic oxidation sites excluding steroid dienone is 1. The van der Waals surface area contributed by atoms with E-state index in [9.17, 15) is 4.79 Å². The van der Waals surface area contributed by atoms with Crippen molar-refractivity contribution in [2.75, 3.05) is 0 Å². The van der Waals surface area contributed by atoms with Crippen molar-refractivity contribution in [2.24, 2.45) is 0 Å². The van der Waals surface area contributed by atoms with Crippen LogP contribution in [-0.2, 0) is 4.79 Å². The highest BCUT2D eigenvalue weighted by molar-refractivity contribution is 7.19. The van der Waals surface area contributed by atoms with Crippen LogP contribution in [0.5, 0.6) is 0 Å². The predicted molar refractivity (Wildman–Crippen MR) is 93.3 cm³/mol. The van der Waals surface area contributed by atoms with Crippen LogP contribution < -0.4 is 0 Å². The van der Waals surface area contributed by atoms with Gasteiger partial charge in [-0.2, -0.15) is 0 Å². The van der Waals surface area contributed by atoms with E-state index in [1.54, 1.807) is 22.7 Å². The minimum atomic E-state index is -0.750. The lowest BCUT2D eigenvalue weighted by Crippen LogP contribution is -1.94. The fourth-order valence-electron chi connectivity index (χ4n) is 2.23. The number of rotatable bonds is 6. The molecule has 0 saturated carbocycles. The Balaban J connectivity index is 1.91. The molecule has 0 bridgehead atoms. The highest BCUT2D eigenvalue weighted by Crippen LogP contribution is 2.31. The molecule has 1 aromatic carbocycles. The molecule has 0 aliphatic carbocycles. The smallest absolute Gasteiger partial charge is 0.303 e. The lowest BCUT2D eigenvalue weighted by molar-refractivity contribution is -0.137. The average Bonchev–Trinajstić information content (AvgIpc) is 3.14. The van der Waals surface area contributed by atoms with Crippen LogP contribution >= 0.6 is 22.7 Å². The summed E-state index contributed by atoms with van der Waals surface area (Å²) in [6.07, 6.45) is 3.67. The quantitative estimate of drug-likeness (QED) is 0.680. The van der Waals surface area contributed by atoms with E-state index in [2.05, 4.69) is 18.2 Å². The molecule has 0 aliphatic rings. The standard InChI is InChI=1S/C17H15NO2S2/c19-16(20)9-3-5-12(11-13-6-4-10-21-13)17-18-14-7-1-2-8-15(14)22-17/h1-2,4,6-8,10-11H,3,5,9H2,(H,19,20)/b12-11-. The molecule has 112 valence electrons. The highest BCUT2D eigenvalue weighted by Gasteiger charge is 2.10. The molecule has 0 radical (unpaired) electrons. The first-order chi connectivity index (χ1) is 10.7. The van der Waals surface area contributed by atoms with Crippen LogP contribution in [-0.4, -0.2) is 16.1 Å². The van der Waals surface area contributed by atoms with Gasteiger partial charge in [0.1, 0.15) is 5.01 Å². The summed E-state index contributed by atoms with van der Waals surface area (Å²) in [7, 11) is 0. The Morgan fingerprint density at radius 1 is 1.18 bits per heavy atom. The van der Waals surface area contributed by atoms with Gasteiger partial charge in [-0.15, -0.1) is 22.7 Å². The third-order valence-electron chi connectivity index (χ3n) is 3.27. The number of aromatic nitrogens is 1. The first-order valence-corrected chi connectivity index (χ1v) is 8.74. The van der Waals surface area contributed by atoms with Crippen molar-refractivity contribution < 1.29 is 9.90 Å². The van der Waals surface area contributed by atoms with Crippen molar-refractivity contribution >= 4 is 50.5 Å². The predicted octanol–water partition coefficient (Wildman–Crippen LogP) is 5.15. The molecule has 0 unspecified atom stereocenters. The number of benzene rings is 1. The molecule has 3 aromatic rings. The van der Waals surface area contributed by atoms with E-state index >= 15 is 0 Å². The summed E-state index contributed by atoms with van der Waals surface area (Å²) in [5.74, 6) is -0.750. The van der Waals surface area contributed by atoms with Crippen LogP contribution in [0.25, 0.3) is 21.9 Å².